The van der Waals surface area contributed by atoms with Crippen LogP contribution in [0.15, 0.2) is 47.9 Å². The monoisotopic (exact) mass is 702 g/mol. The quantitative estimate of drug-likeness (QED) is 0.0905. The van der Waals surface area contributed by atoms with Gasteiger partial charge in [-0.15, -0.1) is 0 Å². The van der Waals surface area contributed by atoms with E-state index in [9.17, 15) is 52.8 Å². The Balaban J connectivity index is 5.83. The molecule has 0 bridgehead atoms. The van der Waals surface area contributed by atoms with Gasteiger partial charge >= 0.3 is 0 Å². The molecule has 0 aromatic carbocycles. The lowest BCUT2D eigenvalue weighted by Crippen LogP contribution is -2.52. The molecule has 0 spiro atoms. The van der Waals surface area contributed by atoms with E-state index in [1.807, 2.05) is 0 Å². The number of sulfone groups is 4. The van der Waals surface area contributed by atoms with Crippen molar-refractivity contribution in [3.63, 3.8) is 0 Å². The fourth-order valence-electron chi connectivity index (χ4n) is 3.03. The van der Waals surface area contributed by atoms with Crippen molar-refractivity contribution in [3.8, 4) is 0 Å². The zero-order valence-electron chi connectivity index (χ0n) is 23.9. The molecule has 0 radical (unpaired) electrons. The van der Waals surface area contributed by atoms with E-state index in [4.69, 9.17) is 0 Å². The van der Waals surface area contributed by atoms with Crippen molar-refractivity contribution in [2.24, 2.45) is 0 Å². The molecule has 0 saturated heterocycles. The number of hydrogen-bond acceptors (Lipinski definition) is 12. The molecule has 44 heavy (non-hydrogen) atoms. The van der Waals surface area contributed by atoms with Crippen molar-refractivity contribution < 1.29 is 52.8 Å². The summed E-state index contributed by atoms with van der Waals surface area (Å²) in [6, 6.07) is 0. The van der Waals surface area contributed by atoms with Gasteiger partial charge < -0.3 is 21.3 Å². The molecule has 4 amide bonds. The van der Waals surface area contributed by atoms with Crippen molar-refractivity contribution in [1.29, 1.82) is 0 Å². The first-order valence-electron chi connectivity index (χ1n) is 12.8. The van der Waals surface area contributed by atoms with Crippen molar-refractivity contribution in [3.05, 3.63) is 47.9 Å². The number of rotatable bonds is 23. The molecular weight excluding hydrogens is 665 g/mol. The summed E-state index contributed by atoms with van der Waals surface area (Å²) in [6.07, 6.45) is -5.10. The van der Waals surface area contributed by atoms with Crippen molar-refractivity contribution in [1.82, 2.24) is 21.3 Å². The van der Waals surface area contributed by atoms with E-state index in [-0.39, 0.29) is 12.8 Å². The van der Waals surface area contributed by atoms with Gasteiger partial charge in [-0.05, 0) is 12.8 Å². The highest BCUT2D eigenvalue weighted by Gasteiger charge is 2.23. The first kappa shape index (κ1) is 40.6. The lowest BCUT2D eigenvalue weighted by molar-refractivity contribution is -0.126. The predicted molar refractivity (Wildman–Crippen MR) is 164 cm³/mol. The van der Waals surface area contributed by atoms with Gasteiger partial charge in [-0.2, -0.15) is 0 Å². The van der Waals surface area contributed by atoms with Gasteiger partial charge in [0.15, 0.2) is 39.3 Å². The SMILES string of the molecule is C=CS(=O)(=O)CCC(=O)NC(CCC(NC(=O)CCS(=O)(=O)C=C)NC(=O)CCS(=O)(=O)C=C)NC(=O)CCS(=O)(=O)C=C. The van der Waals surface area contributed by atoms with Crippen LogP contribution in [0.2, 0.25) is 0 Å². The van der Waals surface area contributed by atoms with Crippen LogP contribution in [0, 0.1) is 0 Å². The Kier molecular flexibility index (Phi) is 17.0. The molecule has 16 nitrogen and oxygen atoms in total. The maximum atomic E-state index is 12.4. The van der Waals surface area contributed by atoms with Crippen LogP contribution in [-0.4, -0.2) is 92.6 Å². The Morgan fingerprint density at radius 3 is 0.773 bits per heavy atom. The van der Waals surface area contributed by atoms with Crippen LogP contribution < -0.4 is 21.3 Å². The molecule has 0 aliphatic heterocycles. The van der Waals surface area contributed by atoms with Crippen LogP contribution in [0.5, 0.6) is 0 Å². The Morgan fingerprint density at radius 2 is 0.614 bits per heavy atom. The topological polar surface area (TPSA) is 253 Å². The van der Waals surface area contributed by atoms with Gasteiger partial charge in [-0.25, -0.2) is 33.7 Å². The molecule has 0 aromatic heterocycles. The zero-order valence-corrected chi connectivity index (χ0v) is 27.2. The fourth-order valence-corrected chi connectivity index (χ4v) is 5.58. The van der Waals surface area contributed by atoms with E-state index in [1.54, 1.807) is 0 Å². The molecule has 4 N–H and O–H groups in total. The van der Waals surface area contributed by atoms with Crippen molar-refractivity contribution in [2.75, 3.05) is 23.0 Å². The van der Waals surface area contributed by atoms with Crippen LogP contribution >= 0.6 is 0 Å². The summed E-state index contributed by atoms with van der Waals surface area (Å²) in [5.74, 6) is -5.71. The summed E-state index contributed by atoms with van der Waals surface area (Å²) >= 11 is 0. The summed E-state index contributed by atoms with van der Waals surface area (Å²) < 4.78 is 93.3. The first-order chi connectivity index (χ1) is 20.2. The summed E-state index contributed by atoms with van der Waals surface area (Å²) in [5.41, 5.74) is 0. The summed E-state index contributed by atoms with van der Waals surface area (Å²) in [5, 5.41) is 12.2. The summed E-state index contributed by atoms with van der Waals surface area (Å²) in [4.78, 5) is 49.7. The lowest BCUT2D eigenvalue weighted by atomic mass is 10.2. The molecule has 0 fully saturated rings. The van der Waals surface area contributed by atoms with Gasteiger partial charge in [0, 0.05) is 47.3 Å². The highest BCUT2D eigenvalue weighted by Crippen LogP contribution is 2.05. The third-order valence-corrected chi connectivity index (χ3v) is 10.7. The van der Waals surface area contributed by atoms with Crippen molar-refractivity contribution >= 4 is 63.0 Å². The van der Waals surface area contributed by atoms with Gasteiger partial charge in [-0.1, -0.05) is 26.3 Å². The maximum Gasteiger partial charge on any atom is 0.222 e. The minimum absolute atomic E-state index is 0.235. The summed E-state index contributed by atoms with van der Waals surface area (Å²) in [6.45, 7) is 12.6. The maximum absolute atomic E-state index is 12.4. The third kappa shape index (κ3) is 19.0. The zero-order chi connectivity index (χ0) is 34.2. The van der Waals surface area contributed by atoms with Crippen LogP contribution in [0.3, 0.4) is 0 Å². The minimum atomic E-state index is -3.74. The van der Waals surface area contributed by atoms with E-state index in [0.29, 0.717) is 21.6 Å². The lowest BCUT2D eigenvalue weighted by Gasteiger charge is -2.25. The van der Waals surface area contributed by atoms with E-state index < -0.39 is 124 Å². The Hall–Kier alpha value is -3.36. The predicted octanol–water partition coefficient (Wildman–Crippen LogP) is -1.32. The Bertz CT molecular complexity index is 1310. The van der Waals surface area contributed by atoms with Crippen LogP contribution in [0.25, 0.3) is 0 Å². The van der Waals surface area contributed by atoms with Crippen LogP contribution in [0.1, 0.15) is 38.5 Å². The smallest absolute Gasteiger partial charge is 0.222 e. The highest BCUT2D eigenvalue weighted by atomic mass is 32.2. The largest absolute Gasteiger partial charge is 0.336 e. The number of amides is 4. The molecule has 20 heteroatoms. The van der Waals surface area contributed by atoms with E-state index >= 15 is 0 Å². The van der Waals surface area contributed by atoms with Gasteiger partial charge in [-0.3, -0.25) is 19.2 Å². The number of carbonyl (C=O) groups is 4. The summed E-state index contributed by atoms with van der Waals surface area (Å²) in [7, 11) is -15.0. The fraction of sp³-hybridized carbons (Fsp3) is 0.500. The van der Waals surface area contributed by atoms with Gasteiger partial charge in [0.2, 0.25) is 23.6 Å². The number of carbonyl (C=O) groups excluding carboxylic acids is 4. The Labute approximate surface area is 258 Å². The standard InChI is InChI=1S/C24H38N4O12S4/c1-5-41(33,34)15-11-21(29)25-19(26-22(30)12-16-42(35,36)6-2)9-10-20(27-23(31)13-17-43(37,38)7-3)28-24(32)14-18-44(39,40)8-4/h5-8,19-20H,1-4,9-18H2,(H,25,29)(H,26,30)(H,27,31)(H,28,32). The number of nitrogens with one attached hydrogen (secondary N) is 4. The van der Waals surface area contributed by atoms with Crippen LogP contribution in [-0.2, 0) is 58.5 Å². The van der Waals surface area contributed by atoms with Gasteiger partial charge in [0.05, 0.1) is 23.0 Å². The van der Waals surface area contributed by atoms with Gasteiger partial charge in [0.25, 0.3) is 0 Å². The average molecular weight is 703 g/mol. The second-order valence-corrected chi connectivity index (χ2v) is 17.4. The molecular formula is C24H38N4O12S4. The first-order valence-corrected chi connectivity index (χ1v) is 19.6. The minimum Gasteiger partial charge on any atom is -0.336 e. The molecule has 0 unspecified atom stereocenters. The molecule has 0 rings (SSSR count). The molecule has 250 valence electrons. The van der Waals surface area contributed by atoms with Gasteiger partial charge in [0.1, 0.15) is 12.3 Å². The van der Waals surface area contributed by atoms with E-state index in [2.05, 4.69) is 47.6 Å². The molecule has 0 heterocycles. The molecule has 0 aromatic rings. The number of hydrogen-bond donors (Lipinski definition) is 4. The highest BCUT2D eigenvalue weighted by molar-refractivity contribution is 7.95. The van der Waals surface area contributed by atoms with E-state index in [0.717, 1.165) is 0 Å². The molecule has 0 aliphatic carbocycles. The normalized spacial score (nSPS) is 12.1. The average Bonchev–Trinajstić information content (AvgIpc) is 2.95. The second-order valence-electron chi connectivity index (χ2n) is 9.09. The van der Waals surface area contributed by atoms with E-state index in [1.165, 1.54) is 0 Å². The van der Waals surface area contributed by atoms with Crippen LogP contribution in [0.4, 0.5) is 0 Å². The second kappa shape index (κ2) is 18.4. The Morgan fingerprint density at radius 1 is 0.432 bits per heavy atom. The molecule has 0 atom stereocenters. The molecule has 0 saturated carbocycles. The third-order valence-electron chi connectivity index (χ3n) is 5.56. The van der Waals surface area contributed by atoms with Crippen molar-refractivity contribution in [2.45, 2.75) is 50.9 Å². The molecule has 0 aliphatic rings.